The second kappa shape index (κ2) is 6.65. The molecule has 1 aliphatic carbocycles. The Morgan fingerprint density at radius 3 is 1.64 bits per heavy atom. The molecule has 0 N–H and O–H groups in total. The largest absolute Gasteiger partial charge is 0.0622 e. The van der Waals surface area contributed by atoms with Crippen molar-refractivity contribution in [3.63, 3.8) is 0 Å². The first-order valence-electron chi connectivity index (χ1n) is 9.81. The monoisotopic (exact) mass is 358 g/mol. The molecule has 4 aromatic rings. The average molecular weight is 358 g/mol. The van der Waals surface area contributed by atoms with Gasteiger partial charge < -0.3 is 0 Å². The first-order chi connectivity index (χ1) is 13.8. The molecule has 0 radical (unpaired) electrons. The number of hydrogen-bond acceptors (Lipinski definition) is 0. The van der Waals surface area contributed by atoms with Gasteiger partial charge in [0.25, 0.3) is 0 Å². The van der Waals surface area contributed by atoms with Gasteiger partial charge in [-0.15, -0.1) is 0 Å². The smallest absolute Gasteiger partial charge is 0.0441 e. The highest BCUT2D eigenvalue weighted by Crippen LogP contribution is 2.56. The maximum Gasteiger partial charge on any atom is 0.0441 e. The second-order valence-electron chi connectivity index (χ2n) is 7.52. The Kier molecular flexibility index (Phi) is 3.98. The van der Waals surface area contributed by atoms with Gasteiger partial charge in [0.2, 0.25) is 0 Å². The van der Waals surface area contributed by atoms with E-state index in [1.807, 2.05) is 0 Å². The fourth-order valence-electron chi connectivity index (χ4n) is 4.67. The zero-order valence-electron chi connectivity index (χ0n) is 16.0. The molecule has 0 aliphatic heterocycles. The van der Waals surface area contributed by atoms with Gasteiger partial charge in [0.15, 0.2) is 0 Å². The highest BCUT2D eigenvalue weighted by atomic mass is 14.4. The van der Waals surface area contributed by atoms with Crippen molar-refractivity contribution in [2.24, 2.45) is 0 Å². The molecular formula is C28H22. The van der Waals surface area contributed by atoms with E-state index in [9.17, 15) is 0 Å². The van der Waals surface area contributed by atoms with Gasteiger partial charge in [-0.1, -0.05) is 115 Å². The molecule has 5 rings (SSSR count). The SMILES string of the molecule is CC1(c2ccccc2)C(c2ccccc2)=C(c2ccccc2)c2ccccc21. The molecule has 0 bridgehead atoms. The Labute approximate surface area is 166 Å². The lowest BCUT2D eigenvalue weighted by atomic mass is 9.71. The maximum atomic E-state index is 2.37. The van der Waals surface area contributed by atoms with E-state index in [4.69, 9.17) is 0 Å². The van der Waals surface area contributed by atoms with Gasteiger partial charge in [-0.05, 0) is 45.9 Å². The quantitative estimate of drug-likeness (QED) is 0.371. The summed E-state index contributed by atoms with van der Waals surface area (Å²) in [6.07, 6.45) is 0. The molecule has 4 aromatic carbocycles. The highest BCUT2D eigenvalue weighted by molar-refractivity contribution is 6.08. The maximum absolute atomic E-state index is 2.37. The summed E-state index contributed by atoms with van der Waals surface area (Å²) in [6.45, 7) is 2.37. The zero-order valence-corrected chi connectivity index (χ0v) is 16.0. The van der Waals surface area contributed by atoms with Crippen molar-refractivity contribution in [3.05, 3.63) is 143 Å². The van der Waals surface area contributed by atoms with Crippen LogP contribution >= 0.6 is 0 Å². The van der Waals surface area contributed by atoms with E-state index in [-0.39, 0.29) is 5.41 Å². The van der Waals surface area contributed by atoms with Gasteiger partial charge in [0, 0.05) is 5.41 Å². The summed E-state index contributed by atoms with van der Waals surface area (Å²) in [7, 11) is 0. The zero-order chi connectivity index (χ0) is 19.0. The summed E-state index contributed by atoms with van der Waals surface area (Å²) in [6, 6.07) is 41.4. The summed E-state index contributed by atoms with van der Waals surface area (Å²) in [4.78, 5) is 0. The standard InChI is InChI=1S/C28H22/c1-28(23-17-9-4-10-18-23)25-20-12-11-19-24(25)26(21-13-5-2-6-14-21)27(28)22-15-7-3-8-16-22/h2-20H,1H3. The normalized spacial score (nSPS) is 18.2. The van der Waals surface area contributed by atoms with Gasteiger partial charge in [-0.25, -0.2) is 0 Å². The van der Waals surface area contributed by atoms with Crippen LogP contribution in [0, 0.1) is 0 Å². The van der Waals surface area contributed by atoms with E-state index in [2.05, 4.69) is 122 Å². The molecule has 0 aromatic heterocycles. The summed E-state index contributed by atoms with van der Waals surface area (Å²) in [5.41, 5.74) is 9.10. The van der Waals surface area contributed by atoms with Crippen LogP contribution in [0.1, 0.15) is 34.7 Å². The molecule has 0 nitrogen and oxygen atoms in total. The van der Waals surface area contributed by atoms with Gasteiger partial charge in [-0.3, -0.25) is 0 Å². The van der Waals surface area contributed by atoms with Crippen LogP contribution in [0.5, 0.6) is 0 Å². The number of allylic oxidation sites excluding steroid dienone is 1. The lowest BCUT2D eigenvalue weighted by Crippen LogP contribution is -2.23. The molecule has 1 aliphatic rings. The molecule has 0 heterocycles. The molecule has 0 saturated heterocycles. The van der Waals surface area contributed by atoms with Gasteiger partial charge >= 0.3 is 0 Å². The van der Waals surface area contributed by atoms with Crippen LogP contribution in [-0.2, 0) is 5.41 Å². The van der Waals surface area contributed by atoms with E-state index >= 15 is 0 Å². The second-order valence-corrected chi connectivity index (χ2v) is 7.52. The summed E-state index contributed by atoms with van der Waals surface area (Å²) < 4.78 is 0. The van der Waals surface area contributed by atoms with Gasteiger partial charge in [0.05, 0.1) is 0 Å². The number of hydrogen-bond donors (Lipinski definition) is 0. The van der Waals surface area contributed by atoms with E-state index in [1.165, 1.54) is 39.0 Å². The van der Waals surface area contributed by atoms with Crippen molar-refractivity contribution in [2.75, 3.05) is 0 Å². The van der Waals surface area contributed by atoms with Crippen molar-refractivity contribution in [2.45, 2.75) is 12.3 Å². The van der Waals surface area contributed by atoms with Crippen LogP contribution in [0.4, 0.5) is 0 Å². The third-order valence-electron chi connectivity index (χ3n) is 5.96. The van der Waals surface area contributed by atoms with Crippen LogP contribution in [0.3, 0.4) is 0 Å². The van der Waals surface area contributed by atoms with E-state index in [0.29, 0.717) is 0 Å². The number of benzene rings is 4. The number of rotatable bonds is 3. The van der Waals surface area contributed by atoms with Crippen molar-refractivity contribution >= 4 is 11.1 Å². The molecular weight excluding hydrogens is 336 g/mol. The lowest BCUT2D eigenvalue weighted by Gasteiger charge is -2.31. The molecule has 134 valence electrons. The highest BCUT2D eigenvalue weighted by Gasteiger charge is 2.43. The molecule has 28 heavy (non-hydrogen) atoms. The fraction of sp³-hybridized carbons (Fsp3) is 0.0714. The van der Waals surface area contributed by atoms with Crippen molar-refractivity contribution in [1.82, 2.24) is 0 Å². The van der Waals surface area contributed by atoms with Crippen LogP contribution in [0.15, 0.2) is 115 Å². The van der Waals surface area contributed by atoms with Crippen LogP contribution < -0.4 is 0 Å². The van der Waals surface area contributed by atoms with E-state index < -0.39 is 0 Å². The predicted molar refractivity (Wildman–Crippen MR) is 118 cm³/mol. The number of fused-ring (bicyclic) bond motifs is 1. The third kappa shape index (κ3) is 2.46. The van der Waals surface area contributed by atoms with E-state index in [0.717, 1.165) is 0 Å². The molecule has 1 atom stereocenters. The average Bonchev–Trinajstić information content (AvgIpc) is 3.06. The molecule has 0 fully saturated rings. The van der Waals surface area contributed by atoms with Crippen molar-refractivity contribution in [1.29, 1.82) is 0 Å². The molecule has 0 amide bonds. The minimum absolute atomic E-state index is 0.204. The van der Waals surface area contributed by atoms with Crippen LogP contribution in [-0.4, -0.2) is 0 Å². The minimum atomic E-state index is -0.204. The summed E-state index contributed by atoms with van der Waals surface area (Å²) >= 11 is 0. The minimum Gasteiger partial charge on any atom is -0.0622 e. The lowest BCUT2D eigenvalue weighted by molar-refractivity contribution is 0.758. The van der Waals surface area contributed by atoms with E-state index in [1.54, 1.807) is 0 Å². The Balaban J connectivity index is 1.92. The first kappa shape index (κ1) is 16.8. The van der Waals surface area contributed by atoms with Crippen molar-refractivity contribution in [3.8, 4) is 0 Å². The van der Waals surface area contributed by atoms with Crippen molar-refractivity contribution < 1.29 is 0 Å². The van der Waals surface area contributed by atoms with Gasteiger partial charge in [0.1, 0.15) is 0 Å². The topological polar surface area (TPSA) is 0 Å². The molecule has 1 unspecified atom stereocenters. The van der Waals surface area contributed by atoms with Crippen LogP contribution in [0.2, 0.25) is 0 Å². The molecule has 0 spiro atoms. The summed E-state index contributed by atoms with van der Waals surface area (Å²) in [5.74, 6) is 0. The van der Waals surface area contributed by atoms with Gasteiger partial charge in [-0.2, -0.15) is 0 Å². The van der Waals surface area contributed by atoms with Crippen LogP contribution in [0.25, 0.3) is 11.1 Å². The molecule has 0 heteroatoms. The predicted octanol–water partition coefficient (Wildman–Crippen LogP) is 6.97. The Morgan fingerprint density at radius 2 is 1.00 bits per heavy atom. The Hall–Kier alpha value is -3.38. The first-order valence-corrected chi connectivity index (χ1v) is 9.81. The summed E-state index contributed by atoms with van der Waals surface area (Å²) in [5, 5.41) is 0. The molecule has 0 saturated carbocycles. The fourth-order valence-corrected chi connectivity index (χ4v) is 4.67. The Morgan fingerprint density at radius 1 is 0.500 bits per heavy atom. The third-order valence-corrected chi connectivity index (χ3v) is 5.96. The Bertz CT molecular complexity index is 1140.